The van der Waals surface area contributed by atoms with Crippen LogP contribution in [0.2, 0.25) is 0 Å². The van der Waals surface area contributed by atoms with E-state index in [1.165, 1.54) is 44.8 Å². The van der Waals surface area contributed by atoms with Gasteiger partial charge in [-0.2, -0.15) is 32.4 Å². The van der Waals surface area contributed by atoms with Crippen molar-refractivity contribution >= 4 is 37.4 Å². The van der Waals surface area contributed by atoms with Gasteiger partial charge >= 0.3 is 30.5 Å². The molecular weight excluding hydrogens is 816 g/mol. The smallest absolute Gasteiger partial charge is 0.741 e. The van der Waals surface area contributed by atoms with E-state index in [2.05, 4.69) is 82.3 Å². The molecule has 0 amide bonds. The molecule has 1 aliphatic carbocycles. The molecule has 4 rings (SSSR count). The van der Waals surface area contributed by atoms with Crippen molar-refractivity contribution in [3.05, 3.63) is 101 Å². The van der Waals surface area contributed by atoms with Gasteiger partial charge in [0, 0.05) is 39.7 Å². The van der Waals surface area contributed by atoms with Crippen LogP contribution in [0.15, 0.2) is 54.1 Å². The number of halogens is 6. The molecule has 0 aromatic heterocycles. The number of nitrogens with zero attached hydrogens (tertiary/aromatic N) is 2. The fraction of sp³-hybridized carbons (Fsp3) is 0.394. The van der Waals surface area contributed by atoms with Gasteiger partial charge in [0.1, 0.15) is 6.67 Å². The van der Waals surface area contributed by atoms with E-state index in [1.54, 1.807) is 0 Å². The van der Waals surface area contributed by atoms with Gasteiger partial charge in [-0.15, -0.1) is 6.08 Å². The zero-order valence-corrected chi connectivity index (χ0v) is 32.3. The Morgan fingerprint density at radius 1 is 0.706 bits per heavy atom. The van der Waals surface area contributed by atoms with Crippen LogP contribution >= 0.6 is 0 Å². The molecule has 1 saturated heterocycles. The molecule has 0 saturated carbocycles. The average Bonchev–Trinajstić information content (AvgIpc) is 3.36. The van der Waals surface area contributed by atoms with Crippen LogP contribution in [0.4, 0.5) is 37.7 Å². The first-order valence-corrected chi connectivity index (χ1v) is 17.5. The predicted molar refractivity (Wildman–Crippen MR) is 180 cm³/mol. The van der Waals surface area contributed by atoms with E-state index >= 15 is 0 Å². The van der Waals surface area contributed by atoms with Crippen LogP contribution in [0.3, 0.4) is 0 Å². The Balaban J connectivity index is 0. The summed E-state index contributed by atoms with van der Waals surface area (Å²) >= 11 is 0. The zero-order valence-electron chi connectivity index (χ0n) is 29.0. The van der Waals surface area contributed by atoms with Crippen molar-refractivity contribution in [2.75, 3.05) is 22.9 Å². The van der Waals surface area contributed by atoms with Crippen molar-refractivity contribution in [2.24, 2.45) is 0 Å². The van der Waals surface area contributed by atoms with Gasteiger partial charge in [0.15, 0.2) is 20.2 Å². The molecule has 18 heteroatoms. The van der Waals surface area contributed by atoms with Crippen molar-refractivity contribution in [3.63, 3.8) is 0 Å². The summed E-state index contributed by atoms with van der Waals surface area (Å²) < 4.78 is 123. The van der Waals surface area contributed by atoms with E-state index in [0.29, 0.717) is 5.57 Å². The summed E-state index contributed by atoms with van der Waals surface area (Å²) in [7, 11) is -12.2. The van der Waals surface area contributed by atoms with Gasteiger partial charge in [0.25, 0.3) is 6.10 Å². The largest absolute Gasteiger partial charge is 2.00 e. The van der Waals surface area contributed by atoms with Crippen molar-refractivity contribution in [3.8, 4) is 0 Å². The Kier molecular flexibility index (Phi) is 18.0. The first kappa shape index (κ1) is 48.0. The van der Waals surface area contributed by atoms with Gasteiger partial charge in [0.05, 0.1) is 0 Å². The monoisotopic (exact) mass is 857 g/mol. The summed E-state index contributed by atoms with van der Waals surface area (Å²) in [6, 6.07) is 9.12. The molecule has 1 radical (unpaired) electrons. The SMILES string of the molecule is Cc1cc(C)c(N2[CH]N(c3c(C)cc(C)cc3C)CC2)c(C)c1.O=S(=O)([O-])C(F)(F)F.O=S(=O)([O-])C(F)(F)F.[CH-]=C1C=CC=CC1=[O+]C(C)C.[HH].[Ru+2]. The molecule has 0 atom stereocenters. The summed E-state index contributed by atoms with van der Waals surface area (Å²) in [6.07, 6.45) is 7.68. The molecule has 9 nitrogen and oxygen atoms in total. The van der Waals surface area contributed by atoms with Crippen molar-refractivity contribution in [2.45, 2.75) is 72.5 Å². The maximum absolute atomic E-state index is 10.7. The van der Waals surface area contributed by atoms with Crippen LogP contribution in [0.5, 0.6) is 0 Å². The molecule has 287 valence electrons. The van der Waals surface area contributed by atoms with E-state index < -0.39 is 31.3 Å². The predicted octanol–water partition coefficient (Wildman–Crippen LogP) is 7.31. The van der Waals surface area contributed by atoms with Crippen LogP contribution in [0, 0.1) is 54.8 Å². The maximum Gasteiger partial charge on any atom is 2.00 e. The number of allylic oxidation sites excluding steroid dienone is 5. The molecule has 0 unspecified atom stereocenters. The van der Waals surface area contributed by atoms with Gasteiger partial charge in [0.2, 0.25) is 5.78 Å². The second kappa shape index (κ2) is 19.2. The number of alkyl halides is 6. The molecule has 51 heavy (non-hydrogen) atoms. The summed E-state index contributed by atoms with van der Waals surface area (Å²) in [5.41, 5.74) is 0.240. The third-order valence-electron chi connectivity index (χ3n) is 6.55. The fourth-order valence-corrected chi connectivity index (χ4v) is 4.93. The van der Waals surface area contributed by atoms with Crippen molar-refractivity contribution in [1.29, 1.82) is 0 Å². The second-order valence-electron chi connectivity index (χ2n) is 11.5. The minimum atomic E-state index is -6.09. The minimum absolute atomic E-state index is 0. The quantitative estimate of drug-likeness (QED) is 0.0598. The van der Waals surface area contributed by atoms with E-state index in [4.69, 9.17) is 36.9 Å². The Labute approximate surface area is 310 Å². The van der Waals surface area contributed by atoms with E-state index in [9.17, 15) is 26.3 Å². The Bertz CT molecular complexity index is 1690. The number of rotatable bonds is 3. The average molecular weight is 857 g/mol. The standard InChI is InChI=1S/C21H27N2.C10H12O.2CHF3O3S.Ru.H2/c1-14-9-16(3)20(17(4)10-14)22-7-8-23(13-22)21-18(5)11-15(2)12-19(21)6;1-8(2)11-10-7-5-4-6-9(10)3;2*2-1(3,4)8(5,6)7;;/h9-13H,7-8H2,1-6H3;3-8H,1-2H3;2*(H,5,6,7);;1H/q;;;;+2;/p-2. The Hall–Kier alpha value is -3.05. The minimum Gasteiger partial charge on any atom is -0.741 e. The first-order valence-electron chi connectivity index (χ1n) is 14.7. The van der Waals surface area contributed by atoms with Crippen LogP contribution in [-0.2, 0) is 44.1 Å². The molecule has 2 aliphatic rings. The topological polar surface area (TPSA) is 132 Å². The zero-order chi connectivity index (χ0) is 39.0. The molecule has 1 fully saturated rings. The number of benzene rings is 2. The van der Waals surface area contributed by atoms with Crippen LogP contribution < -0.4 is 9.80 Å². The number of hydrogen-bond donors (Lipinski definition) is 0. The molecule has 2 aromatic rings. The summed E-state index contributed by atoms with van der Waals surface area (Å²) in [5.74, 6) is 0.766. The van der Waals surface area contributed by atoms with Crippen LogP contribution in [0.1, 0.15) is 48.7 Å². The molecular formula is C33H41F6N2O7RuS2. The van der Waals surface area contributed by atoms with E-state index in [1.807, 2.05) is 38.2 Å². The number of ketones is 1. The third-order valence-corrected chi connectivity index (χ3v) is 7.69. The molecule has 0 N–H and O–H groups in total. The third kappa shape index (κ3) is 15.2. The van der Waals surface area contributed by atoms with Gasteiger partial charge in [-0.3, -0.25) is 0 Å². The molecule has 1 aliphatic heterocycles. The Morgan fingerprint density at radius 2 is 1.00 bits per heavy atom. The molecule has 2 aromatic carbocycles. The summed E-state index contributed by atoms with van der Waals surface area (Å²) in [6.45, 7) is 27.2. The van der Waals surface area contributed by atoms with Crippen molar-refractivity contribution < 1.29 is 77.6 Å². The normalized spacial score (nSPS) is 15.4. The number of aryl methyl sites for hydroxylation is 6. The number of hydrogen-bond acceptors (Lipinski definition) is 8. The Morgan fingerprint density at radius 3 is 1.25 bits per heavy atom. The van der Waals surface area contributed by atoms with Gasteiger partial charge < -0.3 is 23.3 Å². The number of carbonyl (C=O) groups excluding carboxylic acids is 1. The van der Waals surface area contributed by atoms with E-state index in [0.717, 1.165) is 18.9 Å². The van der Waals surface area contributed by atoms with Crippen LogP contribution in [-0.4, -0.2) is 61.9 Å². The summed E-state index contributed by atoms with van der Waals surface area (Å²) in [4.78, 5) is 4.81. The molecule has 0 bridgehead atoms. The van der Waals surface area contributed by atoms with Gasteiger partial charge in [-0.05, 0) is 69.9 Å². The number of anilines is 2. The van der Waals surface area contributed by atoms with Gasteiger partial charge in [-0.25, -0.2) is 23.4 Å². The van der Waals surface area contributed by atoms with E-state index in [-0.39, 0.29) is 27.0 Å². The first-order chi connectivity index (χ1) is 22.6. The molecule has 0 spiro atoms. The van der Waals surface area contributed by atoms with Gasteiger partial charge in [-0.1, -0.05) is 47.0 Å². The van der Waals surface area contributed by atoms with Crippen molar-refractivity contribution in [1.82, 2.24) is 0 Å². The fourth-order valence-electron chi connectivity index (χ4n) is 4.93. The molecule has 1 heterocycles. The second-order valence-corrected chi connectivity index (χ2v) is 14.2. The maximum atomic E-state index is 10.7. The van der Waals surface area contributed by atoms with Crippen LogP contribution in [0.25, 0.3) is 0 Å². The summed E-state index contributed by atoms with van der Waals surface area (Å²) in [5, 5.41) is 0.